The maximum atomic E-state index is 11.9. The van der Waals surface area contributed by atoms with E-state index in [4.69, 9.17) is 23.2 Å². The van der Waals surface area contributed by atoms with Gasteiger partial charge in [0.25, 0.3) is 0 Å². The molecule has 0 aliphatic rings. The first-order valence-electron chi connectivity index (χ1n) is 6.76. The highest BCUT2D eigenvalue weighted by atomic mass is 35.5. The van der Waals surface area contributed by atoms with Crippen LogP contribution in [0.1, 0.15) is 6.42 Å². The number of rotatable bonds is 8. The van der Waals surface area contributed by atoms with Gasteiger partial charge in [-0.05, 0) is 25.6 Å². The Hall–Kier alpha value is -1.02. The third kappa shape index (κ3) is 8.41. The number of carbonyl (C=O) groups excluding carboxylic acids is 1. The molecule has 0 aliphatic carbocycles. The van der Waals surface area contributed by atoms with Gasteiger partial charge in [0.15, 0.2) is 0 Å². The molecule has 0 unspecified atom stereocenters. The molecule has 0 aromatic heterocycles. The summed E-state index contributed by atoms with van der Waals surface area (Å²) in [6.07, 6.45) is -3.94. The number of hydrogen-bond acceptors (Lipinski definition) is 3. The molecule has 0 fully saturated rings. The molecule has 0 saturated carbocycles. The number of carbonyl (C=O) groups is 1. The first-order valence-corrected chi connectivity index (χ1v) is 7.51. The molecule has 0 radical (unpaired) electrons. The Kier molecular flexibility index (Phi) is 8.11. The van der Waals surface area contributed by atoms with E-state index in [-0.39, 0.29) is 19.1 Å². The SMILES string of the molecule is CN(CCCOCC(F)(F)F)CC(=O)Nc1c(Cl)cccc1Cl. The van der Waals surface area contributed by atoms with Gasteiger partial charge in [-0.15, -0.1) is 0 Å². The zero-order valence-corrected chi connectivity index (χ0v) is 13.9. The minimum Gasteiger partial charge on any atom is -0.372 e. The third-order valence-electron chi connectivity index (χ3n) is 2.73. The van der Waals surface area contributed by atoms with Gasteiger partial charge in [-0.2, -0.15) is 13.2 Å². The second kappa shape index (κ2) is 9.32. The molecule has 4 nitrogen and oxygen atoms in total. The Balaban J connectivity index is 2.29. The van der Waals surface area contributed by atoms with Gasteiger partial charge < -0.3 is 10.1 Å². The lowest BCUT2D eigenvalue weighted by molar-refractivity contribution is -0.174. The van der Waals surface area contributed by atoms with Gasteiger partial charge in [0.2, 0.25) is 5.91 Å². The molecule has 0 atom stereocenters. The zero-order valence-electron chi connectivity index (χ0n) is 12.4. The molecule has 0 heterocycles. The highest BCUT2D eigenvalue weighted by Gasteiger charge is 2.27. The van der Waals surface area contributed by atoms with Crippen LogP contribution >= 0.6 is 23.2 Å². The molecular weight excluding hydrogens is 356 g/mol. The van der Waals surface area contributed by atoms with Crippen LogP contribution in [0.2, 0.25) is 10.0 Å². The maximum Gasteiger partial charge on any atom is 0.411 e. The van der Waals surface area contributed by atoms with Crippen LogP contribution in [0.3, 0.4) is 0 Å². The Morgan fingerprint density at radius 2 is 1.91 bits per heavy atom. The Morgan fingerprint density at radius 3 is 2.48 bits per heavy atom. The van der Waals surface area contributed by atoms with E-state index in [0.29, 0.717) is 28.7 Å². The fourth-order valence-electron chi connectivity index (χ4n) is 1.74. The van der Waals surface area contributed by atoms with Crippen LogP contribution < -0.4 is 5.32 Å². The van der Waals surface area contributed by atoms with Crippen LogP contribution in [-0.4, -0.2) is 50.3 Å². The lowest BCUT2D eigenvalue weighted by Crippen LogP contribution is -2.31. The zero-order chi connectivity index (χ0) is 17.5. The number of halogens is 5. The predicted octanol–water partition coefficient (Wildman–Crippen LogP) is 3.83. The van der Waals surface area contributed by atoms with Gasteiger partial charge in [-0.25, -0.2) is 0 Å². The highest BCUT2D eigenvalue weighted by Crippen LogP contribution is 2.29. The van der Waals surface area contributed by atoms with Gasteiger partial charge in [-0.3, -0.25) is 9.69 Å². The molecule has 1 rings (SSSR count). The first-order chi connectivity index (χ1) is 10.7. The number of nitrogens with one attached hydrogen (secondary N) is 1. The van der Waals surface area contributed by atoms with Crippen molar-refractivity contribution in [3.05, 3.63) is 28.2 Å². The van der Waals surface area contributed by atoms with Gasteiger partial charge in [0, 0.05) is 13.2 Å². The fourth-order valence-corrected chi connectivity index (χ4v) is 2.24. The molecule has 23 heavy (non-hydrogen) atoms. The van der Waals surface area contributed by atoms with Crippen LogP contribution in [0.15, 0.2) is 18.2 Å². The molecule has 0 spiro atoms. The van der Waals surface area contributed by atoms with Crippen LogP contribution in [0.5, 0.6) is 0 Å². The summed E-state index contributed by atoms with van der Waals surface area (Å²) in [5, 5.41) is 3.26. The van der Waals surface area contributed by atoms with Crippen molar-refractivity contribution in [3.8, 4) is 0 Å². The predicted molar refractivity (Wildman–Crippen MR) is 84.1 cm³/mol. The van der Waals surface area contributed by atoms with E-state index in [1.165, 1.54) is 0 Å². The Labute approximate surface area is 142 Å². The van der Waals surface area contributed by atoms with Crippen molar-refractivity contribution in [3.63, 3.8) is 0 Å². The van der Waals surface area contributed by atoms with Crippen molar-refractivity contribution in [2.24, 2.45) is 0 Å². The van der Waals surface area contributed by atoms with Crippen LogP contribution in [0, 0.1) is 0 Å². The highest BCUT2D eigenvalue weighted by molar-refractivity contribution is 6.39. The second-order valence-electron chi connectivity index (χ2n) is 4.90. The quantitative estimate of drug-likeness (QED) is 0.705. The van der Waals surface area contributed by atoms with Crippen LogP contribution in [-0.2, 0) is 9.53 Å². The van der Waals surface area contributed by atoms with E-state index in [1.54, 1.807) is 30.1 Å². The number of benzene rings is 1. The van der Waals surface area contributed by atoms with Crippen LogP contribution in [0.25, 0.3) is 0 Å². The van der Waals surface area contributed by atoms with E-state index in [0.717, 1.165) is 0 Å². The van der Waals surface area contributed by atoms with Gasteiger partial charge >= 0.3 is 6.18 Å². The molecule has 130 valence electrons. The molecule has 0 saturated heterocycles. The van der Waals surface area contributed by atoms with E-state index < -0.39 is 12.8 Å². The summed E-state index contributed by atoms with van der Waals surface area (Å²) >= 11 is 11.9. The molecule has 1 amide bonds. The third-order valence-corrected chi connectivity index (χ3v) is 3.36. The van der Waals surface area contributed by atoms with Gasteiger partial charge in [0.05, 0.1) is 22.3 Å². The number of hydrogen-bond donors (Lipinski definition) is 1. The monoisotopic (exact) mass is 372 g/mol. The summed E-state index contributed by atoms with van der Waals surface area (Å²) in [5.74, 6) is -0.321. The smallest absolute Gasteiger partial charge is 0.372 e. The molecule has 9 heteroatoms. The Morgan fingerprint density at radius 1 is 1.30 bits per heavy atom. The summed E-state index contributed by atoms with van der Waals surface area (Å²) in [6.45, 7) is -0.813. The van der Waals surface area contributed by atoms with Crippen molar-refractivity contribution in [2.75, 3.05) is 38.7 Å². The number of nitrogens with zero attached hydrogens (tertiary/aromatic N) is 1. The number of amides is 1. The van der Waals surface area contributed by atoms with E-state index in [1.807, 2.05) is 0 Å². The lowest BCUT2D eigenvalue weighted by atomic mass is 10.3. The summed E-state index contributed by atoms with van der Waals surface area (Å²) in [6, 6.07) is 4.86. The minimum absolute atomic E-state index is 0.0260. The van der Waals surface area contributed by atoms with E-state index in [2.05, 4.69) is 10.1 Å². The lowest BCUT2D eigenvalue weighted by Gasteiger charge is -2.17. The van der Waals surface area contributed by atoms with Crippen molar-refractivity contribution < 1.29 is 22.7 Å². The summed E-state index contributed by atoms with van der Waals surface area (Å²) in [5.41, 5.74) is 0.336. The number of alkyl halides is 3. The minimum atomic E-state index is -4.32. The van der Waals surface area contributed by atoms with Crippen molar-refractivity contribution >= 4 is 34.8 Å². The molecule has 0 aliphatic heterocycles. The number of para-hydroxylation sites is 1. The summed E-state index contributed by atoms with van der Waals surface area (Å²) < 4.78 is 40.1. The van der Waals surface area contributed by atoms with Gasteiger partial charge in [0.1, 0.15) is 6.61 Å². The molecule has 0 bridgehead atoms. The summed E-state index contributed by atoms with van der Waals surface area (Å²) in [7, 11) is 1.68. The molecule has 1 N–H and O–H groups in total. The maximum absolute atomic E-state index is 11.9. The fraction of sp³-hybridized carbons (Fsp3) is 0.500. The molecule has 1 aromatic carbocycles. The van der Waals surface area contributed by atoms with Crippen molar-refractivity contribution in [1.82, 2.24) is 4.90 Å². The normalized spacial score (nSPS) is 11.8. The average molecular weight is 373 g/mol. The van der Waals surface area contributed by atoms with Crippen LogP contribution in [0.4, 0.5) is 18.9 Å². The topological polar surface area (TPSA) is 41.6 Å². The van der Waals surface area contributed by atoms with E-state index >= 15 is 0 Å². The van der Waals surface area contributed by atoms with E-state index in [9.17, 15) is 18.0 Å². The standard InChI is InChI=1S/C14H17Cl2F3N2O2/c1-21(6-3-7-23-9-14(17,18)19)8-12(22)20-13-10(15)4-2-5-11(13)16/h2,4-5H,3,6-9H2,1H3,(H,20,22). The number of anilines is 1. The Bertz CT molecular complexity index is 507. The summed E-state index contributed by atoms with van der Waals surface area (Å²) in [4.78, 5) is 13.6. The van der Waals surface area contributed by atoms with Crippen molar-refractivity contribution in [2.45, 2.75) is 12.6 Å². The largest absolute Gasteiger partial charge is 0.411 e. The van der Waals surface area contributed by atoms with Gasteiger partial charge in [-0.1, -0.05) is 29.3 Å². The molecular formula is C14H17Cl2F3N2O2. The van der Waals surface area contributed by atoms with Crippen molar-refractivity contribution in [1.29, 1.82) is 0 Å². The number of ether oxygens (including phenoxy) is 1. The molecule has 1 aromatic rings. The number of likely N-dealkylation sites (N-methyl/N-ethyl adjacent to an activating group) is 1. The first kappa shape index (κ1) is 20.0. The average Bonchev–Trinajstić information content (AvgIpc) is 2.41. The second-order valence-corrected chi connectivity index (χ2v) is 5.72.